The molecule has 0 atom stereocenters. The van der Waals surface area contributed by atoms with Crippen LogP contribution in [0.25, 0.3) is 5.70 Å². The Bertz CT molecular complexity index is 363. The van der Waals surface area contributed by atoms with Crippen molar-refractivity contribution in [2.45, 2.75) is 0 Å². The fourth-order valence-corrected chi connectivity index (χ4v) is 1.04. The fourth-order valence-electron chi connectivity index (χ4n) is 0.812. The zero-order valence-corrected chi connectivity index (χ0v) is 7.32. The van der Waals surface area contributed by atoms with Gasteiger partial charge in [-0.2, -0.15) is 0 Å². The van der Waals surface area contributed by atoms with Gasteiger partial charge in [-0.1, -0.05) is 11.6 Å². The second-order valence-electron chi connectivity index (χ2n) is 2.28. The maximum Gasteiger partial charge on any atom is 0.330 e. The predicted octanol–water partition coefficient (Wildman–Crippen LogP) is 1.12. The molecule has 5 heteroatoms. The molecule has 1 aromatic rings. The zero-order chi connectivity index (χ0) is 9.84. The average Bonchev–Trinajstić information content (AvgIpc) is 2.03. The van der Waals surface area contributed by atoms with Gasteiger partial charge in [-0.15, -0.1) is 0 Å². The van der Waals surface area contributed by atoms with Gasteiger partial charge in [0.2, 0.25) is 0 Å². The Morgan fingerprint density at radius 3 is 2.92 bits per heavy atom. The van der Waals surface area contributed by atoms with Crippen LogP contribution in [0.4, 0.5) is 0 Å². The third kappa shape index (κ3) is 2.45. The standard InChI is InChI=1S/C8H7ClN2O2/c9-8-5(2-1-3-11-8)6(10)4-7(12)13/h1-4H,10H2,(H,12,13)/b6-4-. The van der Waals surface area contributed by atoms with Gasteiger partial charge in [-0.05, 0) is 12.1 Å². The molecule has 68 valence electrons. The molecule has 0 spiro atoms. The normalized spacial score (nSPS) is 11.3. The minimum atomic E-state index is -1.11. The van der Waals surface area contributed by atoms with E-state index in [0.717, 1.165) is 6.08 Å². The van der Waals surface area contributed by atoms with Gasteiger partial charge in [0.05, 0.1) is 0 Å². The number of carboxylic acid groups (broad SMARTS) is 1. The van der Waals surface area contributed by atoms with Crippen LogP contribution >= 0.6 is 11.6 Å². The van der Waals surface area contributed by atoms with Crippen LogP contribution < -0.4 is 5.73 Å². The highest BCUT2D eigenvalue weighted by molar-refractivity contribution is 6.31. The number of rotatable bonds is 2. The van der Waals surface area contributed by atoms with Crippen molar-refractivity contribution in [1.29, 1.82) is 0 Å². The van der Waals surface area contributed by atoms with Gasteiger partial charge >= 0.3 is 5.97 Å². The summed E-state index contributed by atoms with van der Waals surface area (Å²) in [6, 6.07) is 3.23. The number of aromatic nitrogens is 1. The van der Waals surface area contributed by atoms with Gasteiger partial charge in [-0.25, -0.2) is 9.78 Å². The molecule has 0 radical (unpaired) electrons. The summed E-state index contributed by atoms with van der Waals surface area (Å²) < 4.78 is 0. The summed E-state index contributed by atoms with van der Waals surface area (Å²) in [7, 11) is 0. The minimum absolute atomic E-state index is 0.0885. The topological polar surface area (TPSA) is 76.2 Å². The van der Waals surface area contributed by atoms with Gasteiger partial charge in [0.15, 0.2) is 0 Å². The Morgan fingerprint density at radius 1 is 1.69 bits per heavy atom. The van der Waals surface area contributed by atoms with Gasteiger partial charge in [0.25, 0.3) is 0 Å². The summed E-state index contributed by atoms with van der Waals surface area (Å²) in [6.07, 6.45) is 2.38. The SMILES string of the molecule is N/C(=C\C(=O)O)c1cccnc1Cl. The molecule has 1 heterocycles. The summed E-state index contributed by atoms with van der Waals surface area (Å²) in [4.78, 5) is 14.0. The highest BCUT2D eigenvalue weighted by Gasteiger charge is 2.04. The number of hydrogen-bond acceptors (Lipinski definition) is 3. The van der Waals surface area contributed by atoms with E-state index in [2.05, 4.69) is 4.98 Å². The van der Waals surface area contributed by atoms with Crippen molar-refractivity contribution in [1.82, 2.24) is 4.98 Å². The Morgan fingerprint density at radius 2 is 2.38 bits per heavy atom. The fraction of sp³-hybridized carbons (Fsp3) is 0. The van der Waals surface area contributed by atoms with E-state index in [9.17, 15) is 4.79 Å². The van der Waals surface area contributed by atoms with Crippen LogP contribution in [-0.4, -0.2) is 16.1 Å². The van der Waals surface area contributed by atoms with E-state index in [1.165, 1.54) is 6.20 Å². The molecule has 1 rings (SSSR count). The molecule has 0 saturated heterocycles. The average molecular weight is 199 g/mol. The summed E-state index contributed by atoms with van der Waals surface area (Å²) in [5, 5.41) is 8.61. The molecule has 0 amide bonds. The molecule has 0 aliphatic carbocycles. The zero-order valence-electron chi connectivity index (χ0n) is 6.57. The largest absolute Gasteiger partial charge is 0.478 e. The van der Waals surface area contributed by atoms with Crippen molar-refractivity contribution in [2.24, 2.45) is 5.73 Å². The van der Waals surface area contributed by atoms with E-state index in [1.807, 2.05) is 0 Å². The number of halogens is 1. The van der Waals surface area contributed by atoms with Crippen molar-refractivity contribution < 1.29 is 9.90 Å². The van der Waals surface area contributed by atoms with Crippen molar-refractivity contribution >= 4 is 23.3 Å². The minimum Gasteiger partial charge on any atom is -0.478 e. The van der Waals surface area contributed by atoms with Gasteiger partial charge in [-0.3, -0.25) is 0 Å². The summed E-state index contributed by atoms with van der Waals surface area (Å²) in [5.41, 5.74) is 5.96. The second kappa shape index (κ2) is 3.91. The van der Waals surface area contributed by atoms with Crippen LogP contribution in [0.5, 0.6) is 0 Å². The van der Waals surface area contributed by atoms with Crippen LogP contribution in [0.2, 0.25) is 5.15 Å². The van der Waals surface area contributed by atoms with Crippen molar-refractivity contribution in [2.75, 3.05) is 0 Å². The Labute approximate surface area is 79.7 Å². The third-order valence-corrected chi connectivity index (χ3v) is 1.65. The molecule has 0 aromatic carbocycles. The molecule has 1 aromatic heterocycles. The molecule has 0 aliphatic rings. The third-order valence-electron chi connectivity index (χ3n) is 1.35. The first-order valence-corrected chi connectivity index (χ1v) is 3.80. The first kappa shape index (κ1) is 9.54. The molecule has 0 aliphatic heterocycles. The summed E-state index contributed by atoms with van der Waals surface area (Å²) in [6.45, 7) is 0. The summed E-state index contributed by atoms with van der Waals surface area (Å²) in [5.74, 6) is -1.11. The van der Waals surface area contributed by atoms with Crippen LogP contribution in [0.1, 0.15) is 5.56 Å². The van der Waals surface area contributed by atoms with Crippen molar-refractivity contribution in [3.05, 3.63) is 35.1 Å². The maximum atomic E-state index is 10.3. The smallest absolute Gasteiger partial charge is 0.330 e. The molecule has 0 bridgehead atoms. The number of nitrogens with two attached hydrogens (primary N) is 1. The summed E-state index contributed by atoms with van der Waals surface area (Å²) >= 11 is 5.68. The second-order valence-corrected chi connectivity index (χ2v) is 2.64. The molecule has 0 fully saturated rings. The van der Waals surface area contributed by atoms with Crippen molar-refractivity contribution in [3.63, 3.8) is 0 Å². The van der Waals surface area contributed by atoms with E-state index >= 15 is 0 Å². The van der Waals surface area contributed by atoms with E-state index in [0.29, 0.717) is 5.56 Å². The first-order valence-electron chi connectivity index (χ1n) is 3.42. The van der Waals surface area contributed by atoms with Gasteiger partial charge in [0.1, 0.15) is 5.15 Å². The molecular formula is C8H7ClN2O2. The molecule has 4 nitrogen and oxygen atoms in total. The predicted molar refractivity (Wildman–Crippen MR) is 49.0 cm³/mol. The lowest BCUT2D eigenvalue weighted by molar-refractivity contribution is -0.131. The number of carboxylic acids is 1. The van der Waals surface area contributed by atoms with Crippen LogP contribution in [0.3, 0.4) is 0 Å². The molecule has 13 heavy (non-hydrogen) atoms. The molecule has 0 saturated carbocycles. The number of hydrogen-bond donors (Lipinski definition) is 2. The van der Waals surface area contributed by atoms with E-state index in [-0.39, 0.29) is 10.9 Å². The highest BCUT2D eigenvalue weighted by Crippen LogP contribution is 2.16. The number of carbonyl (C=O) groups is 1. The van der Waals surface area contributed by atoms with Gasteiger partial charge in [0, 0.05) is 23.5 Å². The number of pyridine rings is 1. The van der Waals surface area contributed by atoms with Crippen molar-refractivity contribution in [3.8, 4) is 0 Å². The maximum absolute atomic E-state index is 10.3. The van der Waals surface area contributed by atoms with Crippen LogP contribution in [0, 0.1) is 0 Å². The lowest BCUT2D eigenvalue weighted by atomic mass is 10.2. The molecule has 3 N–H and O–H groups in total. The van der Waals surface area contributed by atoms with Gasteiger partial charge < -0.3 is 10.8 Å². The van der Waals surface area contributed by atoms with E-state index in [1.54, 1.807) is 12.1 Å². The Kier molecular flexibility index (Phi) is 2.87. The Balaban J connectivity index is 3.08. The van der Waals surface area contributed by atoms with E-state index in [4.69, 9.17) is 22.4 Å². The quantitative estimate of drug-likeness (QED) is 0.552. The molecular weight excluding hydrogens is 192 g/mol. The Hall–Kier alpha value is -1.55. The highest BCUT2D eigenvalue weighted by atomic mass is 35.5. The first-order chi connectivity index (χ1) is 6.11. The number of aliphatic carboxylic acids is 1. The molecule has 0 unspecified atom stereocenters. The lowest BCUT2D eigenvalue weighted by Gasteiger charge is -2.01. The lowest BCUT2D eigenvalue weighted by Crippen LogP contribution is -2.01. The van der Waals surface area contributed by atoms with E-state index < -0.39 is 5.97 Å². The number of nitrogens with zero attached hydrogens (tertiary/aromatic N) is 1. The monoisotopic (exact) mass is 198 g/mol. The van der Waals surface area contributed by atoms with Crippen LogP contribution in [0.15, 0.2) is 24.4 Å². The van der Waals surface area contributed by atoms with Crippen LogP contribution in [-0.2, 0) is 4.79 Å².